The van der Waals surface area contributed by atoms with Gasteiger partial charge in [-0.1, -0.05) is 20.8 Å². The summed E-state index contributed by atoms with van der Waals surface area (Å²) in [7, 11) is 0. The van der Waals surface area contributed by atoms with E-state index >= 15 is 0 Å². The van der Waals surface area contributed by atoms with Gasteiger partial charge in [0.1, 0.15) is 5.69 Å². The lowest BCUT2D eigenvalue weighted by Gasteiger charge is -2.21. The number of likely N-dealkylation sites (tertiary alicyclic amines) is 1. The fourth-order valence-corrected chi connectivity index (χ4v) is 3.00. The molecule has 1 aliphatic heterocycles. The molecule has 0 radical (unpaired) electrons. The minimum absolute atomic E-state index is 0.0608. The minimum Gasteiger partial charge on any atom is -0.378 e. The normalized spacial score (nSPS) is 16.0. The number of aromatic nitrogens is 2. The van der Waals surface area contributed by atoms with Crippen LogP contribution in [0.1, 0.15) is 80.4 Å². The van der Waals surface area contributed by atoms with Crippen molar-refractivity contribution < 1.29 is 14.3 Å². The maximum atomic E-state index is 12.6. The number of nitrogens with zero attached hydrogens (tertiary/aromatic N) is 3. The zero-order valence-electron chi connectivity index (χ0n) is 16.7. The van der Waals surface area contributed by atoms with Gasteiger partial charge in [0.05, 0.1) is 6.10 Å². The molecule has 6 nitrogen and oxygen atoms in total. The summed E-state index contributed by atoms with van der Waals surface area (Å²) in [5.41, 5.74) is 1.60. The highest BCUT2D eigenvalue weighted by Gasteiger charge is 2.23. The second kappa shape index (κ2) is 8.71. The van der Waals surface area contributed by atoms with Gasteiger partial charge in [-0.2, -0.15) is 0 Å². The summed E-state index contributed by atoms with van der Waals surface area (Å²) >= 11 is 0. The Balaban J connectivity index is 2.10. The van der Waals surface area contributed by atoms with Gasteiger partial charge in [-0.3, -0.25) is 9.59 Å². The topological polar surface area (TPSA) is 72.4 Å². The van der Waals surface area contributed by atoms with E-state index in [2.05, 4.69) is 31.0 Å². The number of ether oxygens (including phenoxy) is 1. The van der Waals surface area contributed by atoms with E-state index in [4.69, 9.17) is 4.74 Å². The molecule has 6 heteroatoms. The molecule has 1 unspecified atom stereocenters. The molecule has 1 amide bonds. The second-order valence-corrected chi connectivity index (χ2v) is 8.36. The Morgan fingerprint density at radius 2 is 1.88 bits per heavy atom. The van der Waals surface area contributed by atoms with Crippen molar-refractivity contribution in [1.82, 2.24) is 15.1 Å². The van der Waals surface area contributed by atoms with Gasteiger partial charge >= 0.3 is 0 Å². The van der Waals surface area contributed by atoms with E-state index in [1.54, 1.807) is 11.0 Å². The fraction of sp³-hybridized carbons (Fsp3) is 0.700. The van der Waals surface area contributed by atoms with E-state index in [0.29, 0.717) is 24.4 Å². The number of hydrogen-bond acceptors (Lipinski definition) is 5. The van der Waals surface area contributed by atoms with Crippen molar-refractivity contribution in [3.05, 3.63) is 23.0 Å². The predicted molar refractivity (Wildman–Crippen MR) is 100 cm³/mol. The van der Waals surface area contributed by atoms with Crippen LogP contribution in [-0.4, -0.2) is 52.6 Å². The maximum Gasteiger partial charge on any atom is 0.274 e. The molecule has 1 aromatic rings. The standard InChI is InChI=1S/C20H31N3O3/c1-14(26-11-8-20(3,4)5)12-16-13-17(21-22-18(16)15(2)24)19(25)23-9-6-7-10-23/h13-14H,6-12H2,1-5H3. The van der Waals surface area contributed by atoms with Gasteiger partial charge in [0.25, 0.3) is 5.91 Å². The largest absolute Gasteiger partial charge is 0.378 e. The number of amides is 1. The summed E-state index contributed by atoms with van der Waals surface area (Å²) in [5.74, 6) is -0.248. The average Bonchev–Trinajstić information content (AvgIpc) is 3.07. The summed E-state index contributed by atoms with van der Waals surface area (Å²) < 4.78 is 5.90. The molecule has 2 rings (SSSR count). The third kappa shape index (κ3) is 5.87. The van der Waals surface area contributed by atoms with Crippen molar-refractivity contribution in [3.63, 3.8) is 0 Å². The number of hydrogen-bond donors (Lipinski definition) is 0. The molecule has 2 heterocycles. The second-order valence-electron chi connectivity index (χ2n) is 8.36. The monoisotopic (exact) mass is 361 g/mol. The molecule has 144 valence electrons. The molecule has 0 N–H and O–H groups in total. The molecular weight excluding hydrogens is 330 g/mol. The number of rotatable bonds is 7. The maximum absolute atomic E-state index is 12.6. The summed E-state index contributed by atoms with van der Waals surface area (Å²) in [4.78, 5) is 26.2. The zero-order valence-corrected chi connectivity index (χ0v) is 16.7. The van der Waals surface area contributed by atoms with Gasteiger partial charge in [0.15, 0.2) is 11.5 Å². The lowest BCUT2D eigenvalue weighted by Crippen LogP contribution is -2.29. The average molecular weight is 361 g/mol. The van der Waals surface area contributed by atoms with E-state index < -0.39 is 0 Å². The van der Waals surface area contributed by atoms with E-state index in [1.165, 1.54) is 6.92 Å². The van der Waals surface area contributed by atoms with Gasteiger partial charge in [-0.25, -0.2) is 0 Å². The molecule has 1 aromatic heterocycles. The Kier molecular flexibility index (Phi) is 6.87. The summed E-state index contributed by atoms with van der Waals surface area (Å²) in [6.07, 6.45) is 3.49. The van der Waals surface area contributed by atoms with E-state index in [1.807, 2.05) is 6.92 Å². The molecule has 0 spiro atoms. The van der Waals surface area contributed by atoms with Crippen LogP contribution in [0.2, 0.25) is 0 Å². The highest BCUT2D eigenvalue weighted by Crippen LogP contribution is 2.20. The third-order valence-electron chi connectivity index (χ3n) is 4.58. The van der Waals surface area contributed by atoms with Crippen LogP contribution < -0.4 is 0 Å². The number of ketones is 1. The van der Waals surface area contributed by atoms with Gasteiger partial charge in [0, 0.05) is 33.0 Å². The third-order valence-corrected chi connectivity index (χ3v) is 4.58. The van der Waals surface area contributed by atoms with Gasteiger partial charge < -0.3 is 9.64 Å². The molecule has 1 saturated heterocycles. The smallest absolute Gasteiger partial charge is 0.274 e. The lowest BCUT2D eigenvalue weighted by molar-refractivity contribution is 0.0492. The Morgan fingerprint density at radius 3 is 2.46 bits per heavy atom. The zero-order chi connectivity index (χ0) is 19.3. The molecule has 26 heavy (non-hydrogen) atoms. The van der Waals surface area contributed by atoms with Crippen LogP contribution in [0, 0.1) is 5.41 Å². The molecule has 1 aliphatic rings. The fourth-order valence-electron chi connectivity index (χ4n) is 3.00. The highest BCUT2D eigenvalue weighted by molar-refractivity contribution is 5.96. The summed E-state index contributed by atoms with van der Waals surface area (Å²) in [5, 5.41) is 8.04. The molecule has 0 aromatic carbocycles. The summed E-state index contributed by atoms with van der Waals surface area (Å²) in [6, 6.07) is 1.72. The van der Waals surface area contributed by atoms with Crippen molar-refractivity contribution in [1.29, 1.82) is 0 Å². The van der Waals surface area contributed by atoms with Gasteiger partial charge in [-0.15, -0.1) is 10.2 Å². The van der Waals surface area contributed by atoms with Crippen LogP contribution in [0.3, 0.4) is 0 Å². The van der Waals surface area contributed by atoms with E-state index in [0.717, 1.165) is 37.9 Å². The Labute approximate surface area is 156 Å². The first-order chi connectivity index (χ1) is 12.2. The number of Topliss-reactive ketones (excluding diaryl/α,β-unsaturated/α-hetero) is 1. The van der Waals surface area contributed by atoms with Crippen LogP contribution in [-0.2, 0) is 11.2 Å². The van der Waals surface area contributed by atoms with Crippen molar-refractivity contribution in [2.45, 2.75) is 66.4 Å². The van der Waals surface area contributed by atoms with Crippen LogP contribution >= 0.6 is 0 Å². The Hall–Kier alpha value is -1.82. The lowest BCUT2D eigenvalue weighted by atomic mass is 9.93. The van der Waals surface area contributed by atoms with Crippen LogP contribution in [0.4, 0.5) is 0 Å². The molecule has 0 aliphatic carbocycles. The molecule has 1 atom stereocenters. The highest BCUT2D eigenvalue weighted by atomic mass is 16.5. The molecule has 0 saturated carbocycles. The van der Waals surface area contributed by atoms with Crippen LogP contribution in [0.5, 0.6) is 0 Å². The first kappa shape index (κ1) is 20.5. The Morgan fingerprint density at radius 1 is 1.23 bits per heavy atom. The van der Waals surface area contributed by atoms with Crippen LogP contribution in [0.15, 0.2) is 6.07 Å². The van der Waals surface area contributed by atoms with Crippen LogP contribution in [0.25, 0.3) is 0 Å². The van der Waals surface area contributed by atoms with Gasteiger partial charge in [0.2, 0.25) is 0 Å². The van der Waals surface area contributed by atoms with Crippen molar-refractivity contribution in [2.75, 3.05) is 19.7 Å². The molecule has 0 bridgehead atoms. The first-order valence-electron chi connectivity index (χ1n) is 9.46. The van der Waals surface area contributed by atoms with Crippen molar-refractivity contribution in [3.8, 4) is 0 Å². The van der Waals surface area contributed by atoms with E-state index in [9.17, 15) is 9.59 Å². The molecule has 1 fully saturated rings. The molecular formula is C20H31N3O3. The SMILES string of the molecule is CC(=O)c1nnc(C(=O)N2CCCC2)cc1CC(C)OCCC(C)(C)C. The van der Waals surface area contributed by atoms with Crippen molar-refractivity contribution >= 4 is 11.7 Å². The predicted octanol–water partition coefficient (Wildman–Crippen LogP) is 3.30. The number of carbonyl (C=O) groups excluding carboxylic acids is 2. The Bertz CT molecular complexity index is 646. The summed E-state index contributed by atoms with van der Waals surface area (Å²) in [6.45, 7) is 12.2. The van der Waals surface area contributed by atoms with Gasteiger partial charge in [-0.05, 0) is 43.2 Å². The quantitative estimate of drug-likeness (QED) is 0.697. The number of carbonyl (C=O) groups is 2. The van der Waals surface area contributed by atoms with E-state index in [-0.39, 0.29) is 23.2 Å². The first-order valence-corrected chi connectivity index (χ1v) is 9.46. The minimum atomic E-state index is -0.144. The van der Waals surface area contributed by atoms with Crippen molar-refractivity contribution in [2.24, 2.45) is 5.41 Å².